The summed E-state index contributed by atoms with van der Waals surface area (Å²) in [7, 11) is 0. The number of carbonyl (C=O) groups is 1. The monoisotopic (exact) mass is 320 g/mol. The van der Waals surface area contributed by atoms with E-state index in [4.69, 9.17) is 0 Å². The Morgan fingerprint density at radius 1 is 1.00 bits per heavy atom. The molecule has 3 N–H and O–H groups in total. The normalized spacial score (nSPS) is 10.4. The Kier molecular flexibility index (Phi) is 4.91. The van der Waals surface area contributed by atoms with Crippen molar-refractivity contribution in [2.75, 3.05) is 10.6 Å². The highest BCUT2D eigenvalue weighted by Crippen LogP contribution is 2.19. The molecule has 0 fully saturated rings. The molecule has 122 valence electrons. The molecular formula is C19H20N4O. The number of nitrogens with one attached hydrogen (secondary N) is 3. The van der Waals surface area contributed by atoms with Gasteiger partial charge in [-0.1, -0.05) is 31.5 Å². The first kappa shape index (κ1) is 15.8. The van der Waals surface area contributed by atoms with Crippen molar-refractivity contribution in [3.05, 3.63) is 72.1 Å². The second-order valence-electron chi connectivity index (χ2n) is 5.55. The van der Waals surface area contributed by atoms with Gasteiger partial charge in [-0.15, -0.1) is 0 Å². The molecule has 0 aliphatic carbocycles. The van der Waals surface area contributed by atoms with Gasteiger partial charge in [-0.05, 0) is 48.9 Å². The summed E-state index contributed by atoms with van der Waals surface area (Å²) in [6.07, 6.45) is 1.90. The molecule has 0 unspecified atom stereocenters. The molecule has 5 heteroatoms. The van der Waals surface area contributed by atoms with Crippen LogP contribution in [0.2, 0.25) is 0 Å². The predicted octanol–water partition coefficient (Wildman–Crippen LogP) is 4.36. The van der Waals surface area contributed by atoms with Crippen molar-refractivity contribution in [1.82, 2.24) is 10.2 Å². The number of anilines is 3. The summed E-state index contributed by atoms with van der Waals surface area (Å²) in [5.41, 5.74) is 4.10. The molecule has 3 aromatic rings. The number of para-hydroxylation sites is 1. The van der Waals surface area contributed by atoms with Gasteiger partial charge in [-0.2, -0.15) is 5.10 Å². The maximum atomic E-state index is 12.2. The number of rotatable bonds is 6. The van der Waals surface area contributed by atoms with E-state index in [-0.39, 0.29) is 5.91 Å². The van der Waals surface area contributed by atoms with Crippen LogP contribution in [0.4, 0.5) is 17.1 Å². The van der Waals surface area contributed by atoms with Crippen molar-refractivity contribution < 1.29 is 4.79 Å². The summed E-state index contributed by atoms with van der Waals surface area (Å²) in [6.45, 7) is 2.09. The van der Waals surface area contributed by atoms with Crippen LogP contribution in [0.1, 0.15) is 29.5 Å². The topological polar surface area (TPSA) is 69.8 Å². The van der Waals surface area contributed by atoms with Crippen molar-refractivity contribution in [1.29, 1.82) is 0 Å². The third kappa shape index (κ3) is 4.01. The molecule has 0 aliphatic rings. The van der Waals surface area contributed by atoms with Crippen LogP contribution in [-0.2, 0) is 6.42 Å². The molecular weight excluding hydrogens is 300 g/mol. The quantitative estimate of drug-likeness (QED) is 0.632. The molecule has 0 aliphatic heterocycles. The molecule has 3 rings (SSSR count). The second kappa shape index (κ2) is 7.46. The molecule has 1 amide bonds. The summed E-state index contributed by atoms with van der Waals surface area (Å²) >= 11 is 0. The zero-order valence-electron chi connectivity index (χ0n) is 13.5. The average Bonchev–Trinajstić information content (AvgIpc) is 3.07. The minimum atomic E-state index is -0.211. The predicted molar refractivity (Wildman–Crippen MR) is 96.7 cm³/mol. The molecule has 2 aromatic carbocycles. The maximum absolute atomic E-state index is 12.2. The third-order valence-corrected chi connectivity index (χ3v) is 3.59. The zero-order chi connectivity index (χ0) is 16.8. The van der Waals surface area contributed by atoms with Crippen LogP contribution >= 0.6 is 0 Å². The fourth-order valence-corrected chi connectivity index (χ4v) is 2.40. The van der Waals surface area contributed by atoms with Gasteiger partial charge in [0.2, 0.25) is 0 Å². The van der Waals surface area contributed by atoms with E-state index in [1.807, 2.05) is 54.6 Å². The highest BCUT2D eigenvalue weighted by molar-refractivity contribution is 6.03. The van der Waals surface area contributed by atoms with Crippen LogP contribution in [0.5, 0.6) is 0 Å². The average molecular weight is 320 g/mol. The summed E-state index contributed by atoms with van der Waals surface area (Å²) in [6, 6.07) is 19.3. The van der Waals surface area contributed by atoms with E-state index in [0.29, 0.717) is 5.69 Å². The summed E-state index contributed by atoms with van der Waals surface area (Å²) in [5.74, 6) is -0.211. The van der Waals surface area contributed by atoms with E-state index in [1.54, 1.807) is 6.07 Å². The van der Waals surface area contributed by atoms with Crippen molar-refractivity contribution in [2.24, 2.45) is 0 Å². The fraction of sp³-hybridized carbons (Fsp3) is 0.158. The zero-order valence-corrected chi connectivity index (χ0v) is 13.5. The smallest absolute Gasteiger partial charge is 0.276 e. The standard InChI is InChI=1S/C19H20N4O/c1-2-6-17-13-18(23-22-17)19(24)21-16-11-9-15(10-12-16)20-14-7-4-3-5-8-14/h3-5,7-13,20H,2,6H2,1H3,(H,21,24)(H,22,23). The number of aryl methyl sites for hydroxylation is 1. The number of benzene rings is 2. The Morgan fingerprint density at radius 3 is 2.38 bits per heavy atom. The molecule has 0 spiro atoms. The second-order valence-corrected chi connectivity index (χ2v) is 5.55. The highest BCUT2D eigenvalue weighted by Gasteiger charge is 2.10. The van der Waals surface area contributed by atoms with Crippen LogP contribution in [0.3, 0.4) is 0 Å². The maximum Gasteiger partial charge on any atom is 0.276 e. The van der Waals surface area contributed by atoms with Crippen LogP contribution in [-0.4, -0.2) is 16.1 Å². The molecule has 0 atom stereocenters. The van der Waals surface area contributed by atoms with Gasteiger partial charge < -0.3 is 10.6 Å². The first-order chi connectivity index (χ1) is 11.7. The SMILES string of the molecule is CCCc1cc(C(=O)Nc2ccc(Nc3ccccc3)cc2)n[nH]1. The summed E-state index contributed by atoms with van der Waals surface area (Å²) in [4.78, 5) is 12.2. The van der Waals surface area contributed by atoms with E-state index in [2.05, 4.69) is 27.8 Å². The Balaban J connectivity index is 1.62. The van der Waals surface area contributed by atoms with Crippen molar-refractivity contribution in [2.45, 2.75) is 19.8 Å². The lowest BCUT2D eigenvalue weighted by Crippen LogP contribution is -2.12. The minimum Gasteiger partial charge on any atom is -0.356 e. The van der Waals surface area contributed by atoms with Gasteiger partial charge in [0.15, 0.2) is 5.69 Å². The van der Waals surface area contributed by atoms with Gasteiger partial charge in [0.25, 0.3) is 5.91 Å². The van der Waals surface area contributed by atoms with E-state index in [1.165, 1.54) is 0 Å². The molecule has 0 radical (unpaired) electrons. The number of aromatic nitrogens is 2. The Labute approximate surface area is 141 Å². The van der Waals surface area contributed by atoms with Gasteiger partial charge in [-0.25, -0.2) is 0 Å². The molecule has 1 aromatic heterocycles. The highest BCUT2D eigenvalue weighted by atomic mass is 16.1. The number of amides is 1. The van der Waals surface area contributed by atoms with E-state index < -0.39 is 0 Å². The lowest BCUT2D eigenvalue weighted by molar-refractivity contribution is 0.102. The molecule has 24 heavy (non-hydrogen) atoms. The van der Waals surface area contributed by atoms with Gasteiger partial charge >= 0.3 is 0 Å². The van der Waals surface area contributed by atoms with E-state index in [0.717, 1.165) is 35.6 Å². The number of hydrogen-bond acceptors (Lipinski definition) is 3. The minimum absolute atomic E-state index is 0.211. The number of carbonyl (C=O) groups excluding carboxylic acids is 1. The van der Waals surface area contributed by atoms with E-state index in [9.17, 15) is 4.79 Å². The third-order valence-electron chi connectivity index (χ3n) is 3.59. The number of aromatic amines is 1. The molecule has 0 saturated carbocycles. The number of H-pyrrole nitrogens is 1. The lowest BCUT2D eigenvalue weighted by Gasteiger charge is -2.08. The Bertz CT molecular complexity index is 794. The molecule has 1 heterocycles. The Hall–Kier alpha value is -3.08. The number of nitrogens with zero attached hydrogens (tertiary/aromatic N) is 1. The fourth-order valence-electron chi connectivity index (χ4n) is 2.40. The summed E-state index contributed by atoms with van der Waals surface area (Å²) in [5, 5.41) is 13.1. The van der Waals surface area contributed by atoms with Gasteiger partial charge in [-0.3, -0.25) is 9.89 Å². The largest absolute Gasteiger partial charge is 0.356 e. The van der Waals surface area contributed by atoms with Crippen LogP contribution in [0.15, 0.2) is 60.7 Å². The van der Waals surface area contributed by atoms with Gasteiger partial charge in [0, 0.05) is 22.8 Å². The molecule has 5 nitrogen and oxygen atoms in total. The first-order valence-electron chi connectivity index (χ1n) is 8.02. The van der Waals surface area contributed by atoms with Gasteiger partial charge in [0.05, 0.1) is 0 Å². The van der Waals surface area contributed by atoms with Crippen LogP contribution in [0, 0.1) is 0 Å². The van der Waals surface area contributed by atoms with Crippen molar-refractivity contribution in [3.63, 3.8) is 0 Å². The molecule has 0 saturated heterocycles. The molecule has 0 bridgehead atoms. The van der Waals surface area contributed by atoms with Crippen LogP contribution in [0.25, 0.3) is 0 Å². The first-order valence-corrected chi connectivity index (χ1v) is 8.02. The van der Waals surface area contributed by atoms with Gasteiger partial charge in [0.1, 0.15) is 0 Å². The van der Waals surface area contributed by atoms with Crippen molar-refractivity contribution >= 4 is 23.0 Å². The van der Waals surface area contributed by atoms with Crippen molar-refractivity contribution in [3.8, 4) is 0 Å². The lowest BCUT2D eigenvalue weighted by atomic mass is 10.2. The van der Waals surface area contributed by atoms with E-state index >= 15 is 0 Å². The van der Waals surface area contributed by atoms with Crippen LogP contribution < -0.4 is 10.6 Å². The Morgan fingerprint density at radius 2 is 1.67 bits per heavy atom. The number of hydrogen-bond donors (Lipinski definition) is 3. The summed E-state index contributed by atoms with van der Waals surface area (Å²) < 4.78 is 0.